The van der Waals surface area contributed by atoms with Gasteiger partial charge in [0, 0.05) is 0 Å². The van der Waals surface area contributed by atoms with Gasteiger partial charge in [-0.2, -0.15) is 0 Å². The van der Waals surface area contributed by atoms with Crippen molar-refractivity contribution in [3.63, 3.8) is 0 Å². The first kappa shape index (κ1) is 29.4. The molecular formula is C21H36N4O9. The van der Waals surface area contributed by atoms with E-state index in [0.29, 0.717) is 0 Å². The fourth-order valence-electron chi connectivity index (χ4n) is 3.17. The molecule has 194 valence electrons. The maximum Gasteiger partial charge on any atom is 0.245 e. The summed E-state index contributed by atoms with van der Waals surface area (Å²) in [6.45, 7) is 6.99. The van der Waals surface area contributed by atoms with Crippen LogP contribution in [0.5, 0.6) is 0 Å². The van der Waals surface area contributed by atoms with Crippen LogP contribution >= 0.6 is 0 Å². The van der Waals surface area contributed by atoms with Gasteiger partial charge < -0.3 is 41.7 Å². The number of Topliss-reactive ketones (excluding diaryl/α,β-unsaturated/α-hetero) is 1. The first-order valence-corrected chi connectivity index (χ1v) is 11.1. The summed E-state index contributed by atoms with van der Waals surface area (Å²) in [6.07, 6.45) is -4.06. The fraction of sp³-hybridized carbons (Fsp3) is 0.762. The molecule has 13 nitrogen and oxygen atoms in total. The smallest absolute Gasteiger partial charge is 0.245 e. The molecule has 1 rings (SSSR count). The van der Waals surface area contributed by atoms with Gasteiger partial charge >= 0.3 is 0 Å². The molecule has 13 heteroatoms. The minimum atomic E-state index is -1.55. The number of ether oxygens (including phenoxy) is 1. The zero-order valence-electron chi connectivity index (χ0n) is 20.0. The molecule has 0 aliphatic carbocycles. The van der Waals surface area contributed by atoms with Crippen LogP contribution in [-0.2, 0) is 28.7 Å². The Labute approximate surface area is 197 Å². The Hall–Kier alpha value is -2.61. The monoisotopic (exact) mass is 488 g/mol. The van der Waals surface area contributed by atoms with Crippen LogP contribution in [0, 0.1) is 11.8 Å². The first-order valence-electron chi connectivity index (χ1n) is 11.1. The van der Waals surface area contributed by atoms with Gasteiger partial charge in [-0.05, 0) is 33.1 Å². The lowest BCUT2D eigenvalue weighted by atomic mass is 9.97. The number of epoxide rings is 1. The Kier molecular flexibility index (Phi) is 11.0. The van der Waals surface area contributed by atoms with E-state index >= 15 is 0 Å². The summed E-state index contributed by atoms with van der Waals surface area (Å²) in [6, 6.07) is -4.08. The van der Waals surface area contributed by atoms with E-state index in [1.54, 1.807) is 0 Å². The molecule has 0 saturated carbocycles. The molecule has 34 heavy (non-hydrogen) atoms. The van der Waals surface area contributed by atoms with E-state index in [9.17, 15) is 34.2 Å². The Morgan fingerprint density at radius 1 is 0.853 bits per heavy atom. The number of rotatable bonds is 14. The number of ketones is 1. The third-order valence-electron chi connectivity index (χ3n) is 5.36. The lowest BCUT2D eigenvalue weighted by molar-refractivity contribution is -0.139. The van der Waals surface area contributed by atoms with Crippen molar-refractivity contribution in [1.82, 2.24) is 16.0 Å². The summed E-state index contributed by atoms with van der Waals surface area (Å²) in [4.78, 5) is 61.6. The number of hydrogen-bond donors (Lipinski definition) is 7. The summed E-state index contributed by atoms with van der Waals surface area (Å²) >= 11 is 0. The van der Waals surface area contributed by atoms with E-state index in [1.165, 1.54) is 20.8 Å². The number of hydrogen-bond acceptors (Lipinski definition) is 9. The van der Waals surface area contributed by atoms with E-state index in [2.05, 4.69) is 16.0 Å². The number of carbonyl (C=O) groups excluding carboxylic acids is 5. The number of nitrogens with one attached hydrogen (secondary N) is 3. The van der Waals surface area contributed by atoms with Crippen LogP contribution in [0.3, 0.4) is 0 Å². The van der Waals surface area contributed by atoms with E-state index < -0.39 is 77.9 Å². The highest BCUT2D eigenvalue weighted by molar-refractivity contribution is 6.01. The summed E-state index contributed by atoms with van der Waals surface area (Å²) in [5, 5.41) is 36.1. The SMILES string of the molecule is CC(C)CC(NC(=O)C(NC(=O)C(NC(=O)C(C)C(N)=O)C(C)O)C(C)O)C(=O)C1OC1CO. The van der Waals surface area contributed by atoms with Crippen molar-refractivity contribution in [2.24, 2.45) is 17.6 Å². The van der Waals surface area contributed by atoms with Gasteiger partial charge in [0.1, 0.15) is 30.2 Å². The van der Waals surface area contributed by atoms with Crippen molar-refractivity contribution in [3.05, 3.63) is 0 Å². The number of carbonyl (C=O) groups is 5. The summed E-state index contributed by atoms with van der Waals surface area (Å²) in [7, 11) is 0. The molecule has 1 heterocycles. The first-order chi connectivity index (χ1) is 15.7. The largest absolute Gasteiger partial charge is 0.394 e. The van der Waals surface area contributed by atoms with Crippen molar-refractivity contribution in [1.29, 1.82) is 0 Å². The second-order valence-electron chi connectivity index (χ2n) is 8.95. The molecule has 1 aliphatic heterocycles. The van der Waals surface area contributed by atoms with Crippen LogP contribution in [0.2, 0.25) is 0 Å². The Morgan fingerprint density at radius 3 is 1.71 bits per heavy atom. The standard InChI is InChI=1S/C21H36N4O9/c1-8(2)6-12(16(29)17-13(7-26)34-17)23-20(32)14(10(4)27)25-21(33)15(11(5)28)24-19(31)9(3)18(22)30/h8-15,17,26-28H,6-7H2,1-5H3,(H2,22,30)(H,23,32)(H,24,31)(H,25,33). The van der Waals surface area contributed by atoms with E-state index in [1.807, 2.05) is 13.8 Å². The second-order valence-corrected chi connectivity index (χ2v) is 8.95. The van der Waals surface area contributed by atoms with Crippen LogP contribution in [-0.4, -0.2) is 93.9 Å². The predicted molar refractivity (Wildman–Crippen MR) is 118 cm³/mol. The highest BCUT2D eigenvalue weighted by atomic mass is 16.6. The van der Waals surface area contributed by atoms with Crippen molar-refractivity contribution >= 4 is 29.4 Å². The number of nitrogens with two attached hydrogens (primary N) is 1. The van der Waals surface area contributed by atoms with Gasteiger partial charge in [0.25, 0.3) is 0 Å². The minimum Gasteiger partial charge on any atom is -0.394 e. The summed E-state index contributed by atoms with van der Waals surface area (Å²) in [5.41, 5.74) is 5.07. The Morgan fingerprint density at radius 2 is 1.32 bits per heavy atom. The van der Waals surface area contributed by atoms with Gasteiger partial charge in [-0.15, -0.1) is 0 Å². The molecule has 1 aliphatic rings. The number of aliphatic hydroxyl groups is 3. The second kappa shape index (κ2) is 12.7. The van der Waals surface area contributed by atoms with Gasteiger partial charge in [0.15, 0.2) is 5.78 Å². The lowest BCUT2D eigenvalue weighted by Crippen LogP contribution is -2.61. The normalized spacial score (nSPS) is 22.5. The van der Waals surface area contributed by atoms with Crippen molar-refractivity contribution in [2.45, 2.75) is 83.6 Å². The van der Waals surface area contributed by atoms with Crippen LogP contribution < -0.4 is 21.7 Å². The van der Waals surface area contributed by atoms with Crippen LogP contribution in [0.15, 0.2) is 0 Å². The highest BCUT2D eigenvalue weighted by Gasteiger charge is 2.47. The van der Waals surface area contributed by atoms with Crippen molar-refractivity contribution < 1.29 is 44.0 Å². The molecule has 8 N–H and O–H groups in total. The van der Waals surface area contributed by atoms with Gasteiger partial charge in [0.2, 0.25) is 23.6 Å². The zero-order chi connectivity index (χ0) is 26.3. The van der Waals surface area contributed by atoms with Gasteiger partial charge in [0.05, 0.1) is 24.9 Å². The van der Waals surface area contributed by atoms with E-state index in [-0.39, 0.29) is 18.9 Å². The van der Waals surface area contributed by atoms with Crippen LogP contribution in [0.1, 0.15) is 41.0 Å². The molecule has 8 unspecified atom stereocenters. The Bertz CT molecular complexity index is 771. The molecular weight excluding hydrogens is 452 g/mol. The molecule has 0 spiro atoms. The number of aliphatic hydroxyl groups excluding tert-OH is 3. The third-order valence-corrected chi connectivity index (χ3v) is 5.36. The third kappa shape index (κ3) is 8.31. The maximum absolute atomic E-state index is 12.9. The fourth-order valence-corrected chi connectivity index (χ4v) is 3.17. The summed E-state index contributed by atoms with van der Waals surface area (Å²) < 4.78 is 5.10. The maximum atomic E-state index is 12.9. The van der Waals surface area contributed by atoms with Gasteiger partial charge in [-0.25, -0.2) is 0 Å². The quantitative estimate of drug-likeness (QED) is 0.0959. The van der Waals surface area contributed by atoms with Crippen molar-refractivity contribution in [3.8, 4) is 0 Å². The van der Waals surface area contributed by atoms with Crippen LogP contribution in [0.25, 0.3) is 0 Å². The topological polar surface area (TPSA) is 221 Å². The molecule has 1 fully saturated rings. The van der Waals surface area contributed by atoms with Gasteiger partial charge in [-0.1, -0.05) is 13.8 Å². The average molecular weight is 489 g/mol. The molecule has 1 saturated heterocycles. The predicted octanol–water partition coefficient (Wildman–Crippen LogP) is -3.30. The molecule has 0 radical (unpaired) electrons. The molecule has 0 aromatic carbocycles. The molecule has 4 amide bonds. The van der Waals surface area contributed by atoms with Gasteiger partial charge in [-0.3, -0.25) is 24.0 Å². The molecule has 0 bridgehead atoms. The molecule has 8 atom stereocenters. The van der Waals surface area contributed by atoms with Crippen LogP contribution in [0.4, 0.5) is 0 Å². The zero-order valence-corrected chi connectivity index (χ0v) is 20.0. The van der Waals surface area contributed by atoms with Crippen molar-refractivity contribution in [2.75, 3.05) is 6.61 Å². The number of amides is 4. The summed E-state index contributed by atoms with van der Waals surface area (Å²) in [5.74, 6) is -5.43. The van der Waals surface area contributed by atoms with E-state index in [0.717, 1.165) is 0 Å². The molecule has 0 aromatic heterocycles. The highest BCUT2D eigenvalue weighted by Crippen LogP contribution is 2.25. The molecule has 0 aromatic rings. The number of primary amides is 1. The average Bonchev–Trinajstić information content (AvgIpc) is 3.52. The van der Waals surface area contributed by atoms with E-state index in [4.69, 9.17) is 15.6 Å². The Balaban J connectivity index is 2.95. The lowest BCUT2D eigenvalue weighted by Gasteiger charge is -2.28. The minimum absolute atomic E-state index is 0.00208.